The van der Waals surface area contributed by atoms with Gasteiger partial charge in [-0.3, -0.25) is 20.0 Å². The lowest BCUT2D eigenvalue weighted by Crippen LogP contribution is -2.38. The first-order valence-electron chi connectivity index (χ1n) is 14.8. The fourth-order valence-corrected chi connectivity index (χ4v) is 5.72. The fourth-order valence-electron chi connectivity index (χ4n) is 5.72. The van der Waals surface area contributed by atoms with Gasteiger partial charge in [0.25, 0.3) is 5.91 Å². The van der Waals surface area contributed by atoms with Gasteiger partial charge in [-0.1, -0.05) is 37.6 Å². The predicted molar refractivity (Wildman–Crippen MR) is 175 cm³/mol. The number of carbonyl (C=O) groups excluding carboxylic acids is 1. The molecule has 1 aromatic carbocycles. The summed E-state index contributed by atoms with van der Waals surface area (Å²) in [6, 6.07) is 6.19. The van der Waals surface area contributed by atoms with E-state index in [-0.39, 0.29) is 12.1 Å². The van der Waals surface area contributed by atoms with E-state index in [2.05, 4.69) is 91.4 Å². The first-order valence-corrected chi connectivity index (χ1v) is 14.8. The van der Waals surface area contributed by atoms with E-state index in [0.717, 1.165) is 37.3 Å². The Balaban J connectivity index is 0.00000226. The number of amides is 1. The Morgan fingerprint density at radius 2 is 1.85 bits per heavy atom. The van der Waals surface area contributed by atoms with Crippen molar-refractivity contribution in [2.75, 3.05) is 47.8 Å². The number of hydrogen-bond donors (Lipinski definition) is 1. The van der Waals surface area contributed by atoms with Crippen molar-refractivity contribution in [1.82, 2.24) is 25.0 Å². The minimum Gasteiger partial charge on any atom is -0.361 e. The molecule has 1 unspecified atom stereocenters. The number of likely N-dealkylation sites (N-methyl/N-ethyl adjacent to an activating group) is 2. The number of benzene rings is 1. The van der Waals surface area contributed by atoms with Crippen LogP contribution in [0.25, 0.3) is 17.2 Å². The maximum Gasteiger partial charge on any atom is 0.253 e. The molecule has 1 amide bonds. The second-order valence-corrected chi connectivity index (χ2v) is 11.1. The summed E-state index contributed by atoms with van der Waals surface area (Å²) in [6.07, 6.45) is 14.4. The van der Waals surface area contributed by atoms with Crippen LogP contribution in [0.5, 0.6) is 0 Å². The number of carbonyl (C=O) groups is 1. The number of nitrogens with one attached hydrogen (secondary N) is 1. The minimum atomic E-state index is 0.0517. The zero-order valence-electron chi connectivity index (χ0n) is 26.8. The predicted octanol–water partition coefficient (Wildman–Crippen LogP) is 6.32. The molecule has 6 heteroatoms. The van der Waals surface area contributed by atoms with Crippen LogP contribution in [0, 0.1) is 20.8 Å². The van der Waals surface area contributed by atoms with E-state index in [4.69, 9.17) is 0 Å². The van der Waals surface area contributed by atoms with Crippen molar-refractivity contribution in [2.45, 2.75) is 54.1 Å². The van der Waals surface area contributed by atoms with Crippen LogP contribution in [0.2, 0.25) is 0 Å². The summed E-state index contributed by atoms with van der Waals surface area (Å²) in [7, 11) is 7.67. The molecule has 220 valence electrons. The van der Waals surface area contributed by atoms with Crippen LogP contribution >= 0.6 is 0 Å². The Kier molecular flexibility index (Phi) is 11.3. The summed E-state index contributed by atoms with van der Waals surface area (Å²) in [5, 5.41) is 3.30. The molecule has 4 rings (SSSR count). The summed E-state index contributed by atoms with van der Waals surface area (Å²) < 4.78 is 0. The molecule has 1 aromatic heterocycles. The molecule has 0 radical (unpaired) electrons. The molecule has 2 aromatic rings. The van der Waals surface area contributed by atoms with Gasteiger partial charge in [0.15, 0.2) is 0 Å². The number of hydrogen-bond acceptors (Lipinski definition) is 5. The molecule has 0 spiro atoms. The van der Waals surface area contributed by atoms with Crippen molar-refractivity contribution < 1.29 is 4.79 Å². The van der Waals surface area contributed by atoms with E-state index < -0.39 is 0 Å². The molecule has 2 aliphatic heterocycles. The Hall–Kier alpha value is -3.48. The van der Waals surface area contributed by atoms with Gasteiger partial charge in [0, 0.05) is 70.0 Å². The molecule has 1 atom stereocenters. The number of rotatable bonds is 7. The molecule has 0 bridgehead atoms. The molecule has 1 N–H and O–H groups in total. The summed E-state index contributed by atoms with van der Waals surface area (Å²) in [5.74, 6) is 0.0517. The Morgan fingerprint density at radius 1 is 1.17 bits per heavy atom. The third-order valence-electron chi connectivity index (χ3n) is 7.70. The fraction of sp³-hybridized carbons (Fsp3) is 0.429. The van der Waals surface area contributed by atoms with E-state index in [1.807, 2.05) is 39.2 Å². The first-order chi connectivity index (χ1) is 19.6. The zero-order valence-corrected chi connectivity index (χ0v) is 26.8. The molecule has 2 aliphatic rings. The van der Waals surface area contributed by atoms with Crippen LogP contribution in [0.3, 0.4) is 0 Å². The molecule has 0 aliphatic carbocycles. The smallest absolute Gasteiger partial charge is 0.253 e. The maximum atomic E-state index is 12.5. The molecular formula is C35H49N5O. The van der Waals surface area contributed by atoms with E-state index in [9.17, 15) is 4.79 Å². The highest BCUT2D eigenvalue weighted by Gasteiger charge is 2.19. The van der Waals surface area contributed by atoms with Gasteiger partial charge in [-0.2, -0.15) is 0 Å². The van der Waals surface area contributed by atoms with E-state index in [1.54, 1.807) is 19.0 Å². The molecular weight excluding hydrogens is 506 g/mol. The molecule has 0 saturated heterocycles. The van der Waals surface area contributed by atoms with Crippen LogP contribution in [-0.4, -0.2) is 79.6 Å². The van der Waals surface area contributed by atoms with Gasteiger partial charge >= 0.3 is 0 Å². The lowest BCUT2D eigenvalue weighted by molar-refractivity contribution is 0.0827. The van der Waals surface area contributed by atoms with Crippen LogP contribution in [0.15, 0.2) is 54.4 Å². The molecule has 3 heterocycles. The van der Waals surface area contributed by atoms with Crippen molar-refractivity contribution in [3.63, 3.8) is 0 Å². The lowest BCUT2D eigenvalue weighted by atomic mass is 9.90. The maximum absolute atomic E-state index is 12.5. The standard InChI is InChI=1S/C33H43N5O.C2H6/c1-22(17-30-25(4)35-14-11-29(30)27-9-10-31(34-5)37(8)21-27)20-38-15-12-26(13-16-38)32-23(2)18-28(19-24(32)3)33(39)36(6)7;1-2/h9-12,14,17-19,21,31,34H,13,15-16,20H2,1-8H3;1-2H3/b22-17+;. The van der Waals surface area contributed by atoms with Gasteiger partial charge in [-0.15, -0.1) is 0 Å². The second kappa shape index (κ2) is 14.4. The average Bonchev–Trinajstić information content (AvgIpc) is 2.95. The SMILES string of the molecule is CC.CNC1C=CC(c2ccnc(C)c2/C=C(\C)CN2CC=C(c3c(C)cc(C(=O)N(C)C)cc3C)CC2)=CN1C. The second-order valence-electron chi connectivity index (χ2n) is 11.1. The van der Waals surface area contributed by atoms with Gasteiger partial charge in [0.05, 0.1) is 6.17 Å². The van der Waals surface area contributed by atoms with Crippen LogP contribution < -0.4 is 5.32 Å². The van der Waals surface area contributed by atoms with Crippen LogP contribution in [-0.2, 0) is 0 Å². The lowest BCUT2D eigenvalue weighted by Gasteiger charge is -2.29. The van der Waals surface area contributed by atoms with E-state index in [0.29, 0.717) is 0 Å². The van der Waals surface area contributed by atoms with Gasteiger partial charge in [0.2, 0.25) is 0 Å². The monoisotopic (exact) mass is 555 g/mol. The summed E-state index contributed by atoms with van der Waals surface area (Å²) in [6.45, 7) is 15.4. The van der Waals surface area contributed by atoms with Gasteiger partial charge in [-0.25, -0.2) is 0 Å². The van der Waals surface area contributed by atoms with Gasteiger partial charge < -0.3 is 9.80 Å². The van der Waals surface area contributed by atoms with Crippen molar-refractivity contribution >= 4 is 23.1 Å². The van der Waals surface area contributed by atoms with Crippen molar-refractivity contribution in [2.24, 2.45) is 0 Å². The molecule has 0 fully saturated rings. The Labute approximate surface area is 248 Å². The Bertz CT molecular complexity index is 1340. The van der Waals surface area contributed by atoms with Gasteiger partial charge in [-0.05, 0) is 98.8 Å². The number of aryl methyl sites for hydroxylation is 3. The van der Waals surface area contributed by atoms with Crippen molar-refractivity contribution in [3.8, 4) is 0 Å². The number of aromatic nitrogens is 1. The highest BCUT2D eigenvalue weighted by atomic mass is 16.2. The Morgan fingerprint density at radius 3 is 2.41 bits per heavy atom. The number of nitrogens with zero attached hydrogens (tertiary/aromatic N) is 4. The third kappa shape index (κ3) is 7.63. The van der Waals surface area contributed by atoms with E-state index >= 15 is 0 Å². The molecule has 41 heavy (non-hydrogen) atoms. The van der Waals surface area contributed by atoms with Crippen molar-refractivity contribution in [3.05, 3.63) is 93.5 Å². The van der Waals surface area contributed by atoms with Gasteiger partial charge in [0.1, 0.15) is 0 Å². The summed E-state index contributed by atoms with van der Waals surface area (Å²) in [4.78, 5) is 23.4. The van der Waals surface area contributed by atoms with E-state index in [1.165, 1.54) is 44.5 Å². The third-order valence-corrected chi connectivity index (χ3v) is 7.70. The highest BCUT2D eigenvalue weighted by Crippen LogP contribution is 2.31. The normalized spacial score (nSPS) is 17.5. The topological polar surface area (TPSA) is 51.7 Å². The molecule has 0 saturated carbocycles. The largest absolute Gasteiger partial charge is 0.361 e. The highest BCUT2D eigenvalue weighted by molar-refractivity contribution is 5.95. The number of pyridine rings is 1. The zero-order chi connectivity index (χ0) is 30.3. The van der Waals surface area contributed by atoms with Crippen LogP contribution in [0.4, 0.5) is 0 Å². The minimum absolute atomic E-state index is 0.0517. The van der Waals surface area contributed by atoms with Crippen molar-refractivity contribution in [1.29, 1.82) is 0 Å². The number of allylic oxidation sites excluding steroid dienone is 2. The van der Waals surface area contributed by atoms with Crippen LogP contribution in [0.1, 0.15) is 71.1 Å². The summed E-state index contributed by atoms with van der Waals surface area (Å²) in [5.41, 5.74) is 11.8. The summed E-state index contributed by atoms with van der Waals surface area (Å²) >= 11 is 0. The quantitative estimate of drug-likeness (QED) is 0.434. The molecule has 6 nitrogen and oxygen atoms in total. The first kappa shape index (κ1) is 32.0. The average molecular weight is 556 g/mol.